The fourth-order valence-electron chi connectivity index (χ4n) is 1.18. The fourth-order valence-corrected chi connectivity index (χ4v) is 1.44. The van der Waals surface area contributed by atoms with Crippen molar-refractivity contribution >= 4 is 24.4 Å². The molecule has 0 aromatic heterocycles. The molecule has 100 valence electrons. The van der Waals surface area contributed by atoms with Gasteiger partial charge in [-0.05, 0) is 6.92 Å². The third-order valence-electron chi connectivity index (χ3n) is 1.80. The van der Waals surface area contributed by atoms with Crippen LogP contribution in [0.1, 0.15) is 20.3 Å². The lowest BCUT2D eigenvalue weighted by Gasteiger charge is -2.20. The van der Waals surface area contributed by atoms with E-state index in [0.717, 1.165) is 0 Å². The zero-order chi connectivity index (χ0) is 13.6. The molecule has 2 amide bonds. The van der Waals surface area contributed by atoms with E-state index in [1.165, 1.54) is 13.8 Å². The number of amides is 2. The van der Waals surface area contributed by atoms with Crippen LogP contribution in [0.3, 0.4) is 0 Å². The van der Waals surface area contributed by atoms with Crippen LogP contribution < -0.4 is 10.6 Å². The molecule has 2 N–H and O–H groups in total. The smallest absolute Gasteiger partial charge is 0.351 e. The van der Waals surface area contributed by atoms with Crippen LogP contribution in [0.4, 0.5) is 13.2 Å². The largest absolute Gasteiger partial charge is 0.391 e. The number of hydrogen-bond donors (Lipinski definition) is 3. The lowest BCUT2D eigenvalue weighted by Crippen LogP contribution is -2.50. The highest BCUT2D eigenvalue weighted by atomic mass is 32.1. The van der Waals surface area contributed by atoms with Crippen LogP contribution in [0.2, 0.25) is 0 Å². The van der Waals surface area contributed by atoms with Crippen LogP contribution in [0.15, 0.2) is 0 Å². The second-order valence-electron chi connectivity index (χ2n) is 3.66. The average molecular weight is 272 g/mol. The number of carbonyl (C=O) groups is 2. The molecule has 8 heteroatoms. The summed E-state index contributed by atoms with van der Waals surface area (Å²) in [6.45, 7) is 2.46. The molecular weight excluding hydrogens is 257 g/mol. The molecule has 0 aliphatic rings. The molecule has 2 unspecified atom stereocenters. The van der Waals surface area contributed by atoms with E-state index in [0.29, 0.717) is 0 Å². The van der Waals surface area contributed by atoms with Gasteiger partial charge in [0, 0.05) is 18.7 Å². The van der Waals surface area contributed by atoms with Crippen molar-refractivity contribution in [2.24, 2.45) is 0 Å². The van der Waals surface area contributed by atoms with Gasteiger partial charge in [-0.15, -0.1) is 0 Å². The number of carbonyl (C=O) groups excluding carboxylic acids is 2. The predicted octanol–water partition coefficient (Wildman–Crippen LogP) is 0.878. The number of nitrogens with one attached hydrogen (secondary N) is 2. The second-order valence-corrected chi connectivity index (χ2v) is 4.03. The summed E-state index contributed by atoms with van der Waals surface area (Å²) < 4.78 is 36.0. The lowest BCUT2D eigenvalue weighted by molar-refractivity contribution is -0.142. The Morgan fingerprint density at radius 2 is 1.82 bits per heavy atom. The van der Waals surface area contributed by atoms with Crippen molar-refractivity contribution in [1.29, 1.82) is 0 Å². The summed E-state index contributed by atoms with van der Waals surface area (Å²) in [5.74, 6) is -1.10. The van der Waals surface area contributed by atoms with Crippen LogP contribution in [0, 0.1) is 0 Å². The van der Waals surface area contributed by atoms with Gasteiger partial charge < -0.3 is 10.6 Å². The van der Waals surface area contributed by atoms with Gasteiger partial charge in [-0.25, -0.2) is 0 Å². The molecule has 0 aromatic carbocycles. The summed E-state index contributed by atoms with van der Waals surface area (Å²) in [6, 6.07) is -1.97. The molecule has 0 fully saturated rings. The Morgan fingerprint density at radius 1 is 1.29 bits per heavy atom. The molecular formula is C9H15F3N2O2S. The van der Waals surface area contributed by atoms with Crippen LogP contribution in [-0.4, -0.2) is 35.8 Å². The van der Waals surface area contributed by atoms with Gasteiger partial charge in [0.2, 0.25) is 11.8 Å². The quantitative estimate of drug-likeness (QED) is 0.651. The van der Waals surface area contributed by atoms with Crippen LogP contribution in [0.5, 0.6) is 0 Å². The third kappa shape index (κ3) is 7.89. The van der Waals surface area contributed by atoms with Gasteiger partial charge >= 0.3 is 6.18 Å². The van der Waals surface area contributed by atoms with Gasteiger partial charge in [0.05, 0.1) is 6.42 Å². The highest BCUT2D eigenvalue weighted by molar-refractivity contribution is 7.80. The summed E-state index contributed by atoms with van der Waals surface area (Å²) >= 11 is 3.84. The van der Waals surface area contributed by atoms with Crippen molar-refractivity contribution in [3.63, 3.8) is 0 Å². The lowest BCUT2D eigenvalue weighted by atomic mass is 10.2. The van der Waals surface area contributed by atoms with E-state index in [9.17, 15) is 22.8 Å². The Labute approximate surface area is 103 Å². The van der Waals surface area contributed by atoms with Crippen molar-refractivity contribution in [3.8, 4) is 0 Å². The maximum atomic E-state index is 12.0. The zero-order valence-electron chi connectivity index (χ0n) is 9.47. The normalized spacial score (nSPS) is 14.9. The molecule has 0 saturated heterocycles. The van der Waals surface area contributed by atoms with Crippen LogP contribution in [-0.2, 0) is 9.59 Å². The minimum atomic E-state index is -4.34. The molecule has 17 heavy (non-hydrogen) atoms. The predicted molar refractivity (Wildman–Crippen MR) is 59.7 cm³/mol. The Balaban J connectivity index is 4.26. The Morgan fingerprint density at radius 3 is 2.18 bits per heavy atom. The van der Waals surface area contributed by atoms with E-state index < -0.39 is 36.5 Å². The first kappa shape index (κ1) is 16.1. The molecule has 0 radical (unpaired) electrons. The fraction of sp³-hybridized carbons (Fsp3) is 0.778. The highest BCUT2D eigenvalue weighted by Gasteiger charge is 2.31. The molecule has 2 atom stereocenters. The average Bonchev–Trinajstić information content (AvgIpc) is 2.10. The van der Waals surface area contributed by atoms with E-state index in [2.05, 4.69) is 23.3 Å². The monoisotopic (exact) mass is 272 g/mol. The van der Waals surface area contributed by atoms with E-state index in [1.54, 1.807) is 0 Å². The summed E-state index contributed by atoms with van der Waals surface area (Å²) in [5.41, 5.74) is 0. The number of alkyl halides is 3. The van der Waals surface area contributed by atoms with Crippen molar-refractivity contribution < 1.29 is 22.8 Å². The number of thiol groups is 1. The van der Waals surface area contributed by atoms with Crippen molar-refractivity contribution in [2.45, 2.75) is 38.5 Å². The summed E-state index contributed by atoms with van der Waals surface area (Å²) in [4.78, 5) is 22.2. The number of hydrogen-bond acceptors (Lipinski definition) is 3. The molecule has 0 bridgehead atoms. The number of rotatable bonds is 5. The zero-order valence-corrected chi connectivity index (χ0v) is 10.4. The molecule has 0 aliphatic carbocycles. The first-order valence-corrected chi connectivity index (χ1v) is 5.54. The molecule has 0 saturated carbocycles. The first-order chi connectivity index (χ1) is 7.65. The van der Waals surface area contributed by atoms with Gasteiger partial charge in [0.15, 0.2) is 0 Å². The third-order valence-corrected chi connectivity index (χ3v) is 2.17. The molecule has 0 aliphatic heterocycles. The molecule has 4 nitrogen and oxygen atoms in total. The summed E-state index contributed by atoms with van der Waals surface area (Å²) in [5, 5.41) is 4.46. The van der Waals surface area contributed by atoms with Crippen LogP contribution >= 0.6 is 12.6 Å². The van der Waals surface area contributed by atoms with Crippen molar-refractivity contribution in [3.05, 3.63) is 0 Å². The molecule has 0 aromatic rings. The van der Waals surface area contributed by atoms with Crippen molar-refractivity contribution in [2.75, 3.05) is 5.75 Å². The van der Waals surface area contributed by atoms with E-state index in [4.69, 9.17) is 0 Å². The highest BCUT2D eigenvalue weighted by Crippen LogP contribution is 2.21. The number of halogens is 3. The SMILES string of the molecule is CC(=O)NC(CS)C(=O)NC(C)CC(F)(F)F. The van der Waals surface area contributed by atoms with E-state index in [1.807, 2.05) is 0 Å². The van der Waals surface area contributed by atoms with Gasteiger partial charge in [0.1, 0.15) is 6.04 Å². The minimum Gasteiger partial charge on any atom is -0.351 e. The summed E-state index contributed by atoms with van der Waals surface area (Å²) in [6.07, 6.45) is -5.45. The second kappa shape index (κ2) is 6.73. The minimum absolute atomic E-state index is 0.0180. The van der Waals surface area contributed by atoms with Crippen LogP contribution in [0.25, 0.3) is 0 Å². The first-order valence-electron chi connectivity index (χ1n) is 4.90. The summed E-state index contributed by atoms with van der Waals surface area (Å²) in [7, 11) is 0. The Kier molecular flexibility index (Phi) is 6.36. The molecule has 0 heterocycles. The van der Waals surface area contributed by atoms with Gasteiger partial charge in [-0.2, -0.15) is 25.8 Å². The Hall–Kier alpha value is -0.920. The maximum absolute atomic E-state index is 12.0. The van der Waals surface area contributed by atoms with E-state index in [-0.39, 0.29) is 5.75 Å². The van der Waals surface area contributed by atoms with Crippen molar-refractivity contribution in [1.82, 2.24) is 10.6 Å². The standard InChI is InChI=1S/C9H15F3N2O2S/c1-5(3-9(10,11)12)13-8(16)7(4-17)14-6(2)15/h5,7,17H,3-4H2,1-2H3,(H,13,16)(H,14,15). The maximum Gasteiger partial charge on any atom is 0.391 e. The topological polar surface area (TPSA) is 58.2 Å². The molecule has 0 spiro atoms. The van der Waals surface area contributed by atoms with Gasteiger partial charge in [-0.1, -0.05) is 0 Å². The van der Waals surface area contributed by atoms with Gasteiger partial charge in [-0.3, -0.25) is 9.59 Å². The van der Waals surface area contributed by atoms with Gasteiger partial charge in [0.25, 0.3) is 0 Å². The molecule has 0 rings (SSSR count). The van der Waals surface area contributed by atoms with E-state index >= 15 is 0 Å². The Bertz CT molecular complexity index is 284.